The fourth-order valence-corrected chi connectivity index (χ4v) is 6.98. The maximum Gasteiger partial charge on any atom is 0.335 e. The second-order valence-electron chi connectivity index (χ2n) is 10.2. The highest BCUT2D eigenvalue weighted by Crippen LogP contribution is 2.56. The Balaban J connectivity index is 1.49. The summed E-state index contributed by atoms with van der Waals surface area (Å²) in [4.78, 5) is 66.8. The second kappa shape index (κ2) is 9.41. The summed E-state index contributed by atoms with van der Waals surface area (Å²) in [6.45, 7) is 0. The van der Waals surface area contributed by atoms with Crippen molar-refractivity contribution < 1.29 is 38.9 Å². The summed E-state index contributed by atoms with van der Waals surface area (Å²) in [6.07, 6.45) is 3.45. The Morgan fingerprint density at radius 3 is 2.55 bits per heavy atom. The molecule has 9 nitrogen and oxygen atoms in total. The third-order valence-electron chi connectivity index (χ3n) is 8.21. The van der Waals surface area contributed by atoms with Gasteiger partial charge in [-0.25, -0.2) is 4.79 Å². The van der Waals surface area contributed by atoms with Gasteiger partial charge < -0.3 is 14.9 Å². The molecule has 2 amide bonds. The Kier molecular flexibility index (Phi) is 6.10. The lowest BCUT2D eigenvalue weighted by molar-refractivity contribution is -0.123. The minimum atomic E-state index is -1.18. The summed E-state index contributed by atoms with van der Waals surface area (Å²) in [5, 5.41) is 19.5. The molecule has 2 N–H and O–H groups in total. The Labute approximate surface area is 236 Å². The number of hydrogen-bond acceptors (Lipinski definition) is 7. The summed E-state index contributed by atoms with van der Waals surface area (Å²) >= 11 is 3.20. The molecule has 1 fully saturated rings. The van der Waals surface area contributed by atoms with E-state index >= 15 is 0 Å². The van der Waals surface area contributed by atoms with Gasteiger partial charge in [-0.2, -0.15) is 0 Å². The van der Waals surface area contributed by atoms with Gasteiger partial charge in [0.05, 0.1) is 34.7 Å². The number of hydrogen-bond donors (Lipinski definition) is 2. The third-order valence-corrected chi connectivity index (χ3v) is 8.80. The highest BCUT2D eigenvalue weighted by atomic mass is 79.9. The highest BCUT2D eigenvalue weighted by molar-refractivity contribution is 9.12. The number of nitrogens with zero attached hydrogens (tertiary/aromatic N) is 1. The molecule has 6 rings (SSSR count). The topological polar surface area (TPSA) is 138 Å². The number of methoxy groups -OCH3 is 1. The number of imide groups is 1. The van der Waals surface area contributed by atoms with Crippen molar-refractivity contribution in [3.63, 3.8) is 0 Å². The number of phenolic OH excluding ortho intramolecular Hbond substituents is 1. The number of carbonyl (C=O) groups excluding carboxylic acids is 4. The molecule has 0 saturated carbocycles. The Morgan fingerprint density at radius 2 is 1.82 bits per heavy atom. The van der Waals surface area contributed by atoms with Crippen LogP contribution in [0.1, 0.15) is 34.7 Å². The van der Waals surface area contributed by atoms with Crippen LogP contribution in [0.2, 0.25) is 0 Å². The molecule has 4 aliphatic rings. The summed E-state index contributed by atoms with van der Waals surface area (Å²) < 4.78 is 5.66. The number of ketones is 2. The van der Waals surface area contributed by atoms with E-state index in [2.05, 4.69) is 15.9 Å². The molecule has 1 heterocycles. The molecule has 4 atom stereocenters. The van der Waals surface area contributed by atoms with Gasteiger partial charge in [-0.15, -0.1) is 0 Å². The predicted octanol–water partition coefficient (Wildman–Crippen LogP) is 4.07. The standard InChI is InChI=1S/C30H22BrNO8/c1-40-23-10-15(33)5-6-17(23)24-16-7-8-18-25(19(16)11-20-26(24)22(34)12-21(31)27(20)35)29(37)32(28(18)36)14-4-2-3-13(9-14)30(38)39/h2-7,9-10,12,18-19,24-25,33H,8,11H2,1H3,(H,38,39)/t18-,19+,24+,25-/m0/s1. The molecule has 0 radical (unpaired) electrons. The van der Waals surface area contributed by atoms with Crippen molar-refractivity contribution in [3.8, 4) is 11.5 Å². The van der Waals surface area contributed by atoms with Gasteiger partial charge in [0, 0.05) is 34.8 Å². The number of carbonyl (C=O) groups is 5. The maximum atomic E-state index is 14.0. The molecule has 10 heteroatoms. The number of allylic oxidation sites excluding steroid dienone is 6. The molecule has 0 unspecified atom stereocenters. The molecule has 0 spiro atoms. The van der Waals surface area contributed by atoms with E-state index in [1.165, 1.54) is 49.6 Å². The van der Waals surface area contributed by atoms with Gasteiger partial charge in [0.25, 0.3) is 0 Å². The monoisotopic (exact) mass is 603 g/mol. The quantitative estimate of drug-likeness (QED) is 0.303. The zero-order valence-electron chi connectivity index (χ0n) is 21.1. The molecule has 0 bridgehead atoms. The van der Waals surface area contributed by atoms with E-state index in [1.807, 2.05) is 6.08 Å². The molecule has 40 heavy (non-hydrogen) atoms. The SMILES string of the molecule is COc1cc(O)ccc1[C@H]1C2=CC[C@@H]3C(=O)N(c4cccc(C(=O)O)c4)C(=O)[C@@H]3[C@@H]2CC2=C1C(=O)C=C(Br)C2=O. The molecule has 3 aliphatic carbocycles. The average Bonchev–Trinajstić information content (AvgIpc) is 3.20. The lowest BCUT2D eigenvalue weighted by Gasteiger charge is -2.42. The molecule has 1 saturated heterocycles. The largest absolute Gasteiger partial charge is 0.508 e. The number of halogens is 1. The average molecular weight is 604 g/mol. The molecule has 2 aromatic rings. The minimum Gasteiger partial charge on any atom is -0.508 e. The van der Waals surface area contributed by atoms with Crippen molar-refractivity contribution in [3.05, 3.63) is 86.9 Å². The highest BCUT2D eigenvalue weighted by Gasteiger charge is 2.57. The summed E-state index contributed by atoms with van der Waals surface area (Å²) in [7, 11) is 1.44. The molecule has 202 valence electrons. The number of benzene rings is 2. The smallest absolute Gasteiger partial charge is 0.335 e. The number of anilines is 1. The van der Waals surface area contributed by atoms with Gasteiger partial charge in [-0.05, 0) is 59.0 Å². The van der Waals surface area contributed by atoms with E-state index < -0.39 is 41.5 Å². The Morgan fingerprint density at radius 1 is 1.05 bits per heavy atom. The summed E-state index contributed by atoms with van der Waals surface area (Å²) in [5.41, 5.74) is 1.97. The van der Waals surface area contributed by atoms with Crippen LogP contribution in [-0.4, -0.2) is 46.7 Å². The number of carboxylic acid groups (broad SMARTS) is 1. The van der Waals surface area contributed by atoms with E-state index in [0.29, 0.717) is 16.9 Å². The molecule has 2 aromatic carbocycles. The first-order valence-electron chi connectivity index (χ1n) is 12.6. The zero-order valence-corrected chi connectivity index (χ0v) is 22.7. The van der Waals surface area contributed by atoms with E-state index in [9.17, 15) is 34.2 Å². The van der Waals surface area contributed by atoms with E-state index in [4.69, 9.17) is 4.74 Å². The molecular weight excluding hydrogens is 582 g/mol. The van der Waals surface area contributed by atoms with Crippen molar-refractivity contribution in [2.75, 3.05) is 12.0 Å². The van der Waals surface area contributed by atoms with Crippen LogP contribution >= 0.6 is 15.9 Å². The second-order valence-corrected chi connectivity index (χ2v) is 11.0. The van der Waals surface area contributed by atoms with Crippen LogP contribution in [0.25, 0.3) is 0 Å². The molecular formula is C30H22BrNO8. The minimum absolute atomic E-state index is 0.0376. The first-order chi connectivity index (χ1) is 19.1. The number of rotatable bonds is 4. The van der Waals surface area contributed by atoms with Gasteiger partial charge in [0.15, 0.2) is 11.6 Å². The number of Topliss-reactive ketones (excluding diaryl/α,β-unsaturated/α-hetero) is 1. The predicted molar refractivity (Wildman–Crippen MR) is 145 cm³/mol. The van der Waals surface area contributed by atoms with Gasteiger partial charge >= 0.3 is 5.97 Å². The number of fused-ring (bicyclic) bond motifs is 3. The van der Waals surface area contributed by atoms with Crippen LogP contribution in [0.4, 0.5) is 5.69 Å². The number of ether oxygens (including phenoxy) is 1. The van der Waals surface area contributed by atoms with Crippen LogP contribution in [0.3, 0.4) is 0 Å². The normalized spacial score (nSPS) is 25.7. The number of amides is 2. The van der Waals surface area contributed by atoms with E-state index in [-0.39, 0.29) is 51.5 Å². The number of aromatic carboxylic acids is 1. The van der Waals surface area contributed by atoms with Gasteiger partial charge in [-0.1, -0.05) is 23.8 Å². The van der Waals surface area contributed by atoms with Crippen LogP contribution < -0.4 is 9.64 Å². The fourth-order valence-electron chi connectivity index (χ4n) is 6.53. The van der Waals surface area contributed by atoms with Crippen LogP contribution in [-0.2, 0) is 19.2 Å². The number of aromatic hydroxyl groups is 1. The van der Waals surface area contributed by atoms with E-state index in [0.717, 1.165) is 10.5 Å². The molecule has 1 aliphatic heterocycles. The van der Waals surface area contributed by atoms with Gasteiger partial charge in [-0.3, -0.25) is 24.1 Å². The van der Waals surface area contributed by atoms with Crippen molar-refractivity contribution in [2.45, 2.75) is 18.8 Å². The zero-order chi connectivity index (χ0) is 28.5. The van der Waals surface area contributed by atoms with Crippen molar-refractivity contribution in [1.29, 1.82) is 0 Å². The van der Waals surface area contributed by atoms with Crippen LogP contribution in [0.15, 0.2) is 75.8 Å². The first-order valence-corrected chi connectivity index (χ1v) is 13.4. The van der Waals surface area contributed by atoms with Crippen LogP contribution in [0, 0.1) is 17.8 Å². The summed E-state index contributed by atoms with van der Waals surface area (Å²) in [6, 6.07) is 10.2. The Bertz CT molecular complexity index is 1650. The first kappa shape index (κ1) is 25.9. The van der Waals surface area contributed by atoms with Gasteiger partial charge in [0.1, 0.15) is 11.5 Å². The Hall–Kier alpha value is -4.31. The molecule has 0 aromatic heterocycles. The third kappa shape index (κ3) is 3.77. The van der Waals surface area contributed by atoms with Crippen LogP contribution in [0.5, 0.6) is 11.5 Å². The van der Waals surface area contributed by atoms with Crippen molar-refractivity contribution >= 4 is 51.0 Å². The number of phenols is 1. The lowest BCUT2D eigenvalue weighted by Crippen LogP contribution is -2.39. The number of carboxylic acids is 1. The summed E-state index contributed by atoms with van der Waals surface area (Å²) in [5.74, 6) is -5.33. The van der Waals surface area contributed by atoms with Gasteiger partial charge in [0.2, 0.25) is 11.8 Å². The maximum absolute atomic E-state index is 14.0. The van der Waals surface area contributed by atoms with Crippen molar-refractivity contribution in [1.82, 2.24) is 0 Å². The van der Waals surface area contributed by atoms with Crippen molar-refractivity contribution in [2.24, 2.45) is 17.8 Å². The lowest BCUT2D eigenvalue weighted by atomic mass is 9.59. The van der Waals surface area contributed by atoms with E-state index in [1.54, 1.807) is 6.07 Å². The fraction of sp³-hybridized carbons (Fsp3) is 0.233.